The van der Waals surface area contributed by atoms with E-state index in [0.29, 0.717) is 0 Å². The lowest BCUT2D eigenvalue weighted by Crippen LogP contribution is -2.28. The zero-order valence-electron chi connectivity index (χ0n) is 32.2. The Balaban J connectivity index is 0.00000122. The van der Waals surface area contributed by atoms with Crippen LogP contribution in [0.1, 0.15) is 33.7 Å². The second-order valence-corrected chi connectivity index (χ2v) is 15.6. The minimum absolute atomic E-state index is 0. The minimum atomic E-state index is -0.517. The van der Waals surface area contributed by atoms with Crippen molar-refractivity contribution in [1.29, 1.82) is 0 Å². The Kier molecular flexibility index (Phi) is 7.48. The topological polar surface area (TPSA) is 16.4 Å². The molecule has 0 fully saturated rings. The number of hydrogen-bond donors (Lipinski definition) is 0. The van der Waals surface area contributed by atoms with E-state index in [1.54, 1.807) is 0 Å². The summed E-state index contributed by atoms with van der Waals surface area (Å²) in [5.74, 6) is 0. The summed E-state index contributed by atoms with van der Waals surface area (Å²) in [5, 5.41) is 7.14. The van der Waals surface area contributed by atoms with Crippen molar-refractivity contribution >= 4 is 60.5 Å². The quantitative estimate of drug-likeness (QED) is 0.157. The van der Waals surface area contributed by atoms with Gasteiger partial charge in [0.15, 0.2) is 0 Å². The SMILES string of the molecule is [HH].[HH].[HH].[HH].[HH].[HH].[HH].[HH].c1ccc(C2(c3ccccc3)c3ccccc3-c3c(N(c4ccc(-c5cccc6c5oc5ccccc56)cc4)c4cccc5ccc6ccccc6c45)cccc32)cc1. The summed E-state index contributed by atoms with van der Waals surface area (Å²) in [6.45, 7) is 0. The monoisotopic (exact) mass is 767 g/mol. The third-order valence-electron chi connectivity index (χ3n) is 12.5. The van der Waals surface area contributed by atoms with Crippen LogP contribution >= 0.6 is 0 Å². The zero-order chi connectivity index (χ0) is 38.9. The van der Waals surface area contributed by atoms with Crippen molar-refractivity contribution in [2.75, 3.05) is 4.90 Å². The highest BCUT2D eigenvalue weighted by atomic mass is 16.3. The Morgan fingerprint density at radius 3 is 1.78 bits per heavy atom. The van der Waals surface area contributed by atoms with Crippen LogP contribution < -0.4 is 4.90 Å². The van der Waals surface area contributed by atoms with E-state index < -0.39 is 5.41 Å². The molecule has 1 heterocycles. The fourth-order valence-corrected chi connectivity index (χ4v) is 10.1. The summed E-state index contributed by atoms with van der Waals surface area (Å²) in [6.07, 6.45) is 0. The Morgan fingerprint density at radius 2 is 0.966 bits per heavy atom. The number of para-hydroxylation sites is 2. The van der Waals surface area contributed by atoms with Crippen LogP contribution in [0.15, 0.2) is 229 Å². The van der Waals surface area contributed by atoms with Gasteiger partial charge < -0.3 is 9.32 Å². The van der Waals surface area contributed by atoms with E-state index in [9.17, 15) is 0 Å². The van der Waals surface area contributed by atoms with Gasteiger partial charge in [-0.2, -0.15) is 0 Å². The van der Waals surface area contributed by atoms with E-state index in [-0.39, 0.29) is 11.4 Å². The number of nitrogens with zero attached hydrogens (tertiary/aromatic N) is 1. The number of fused-ring (bicyclic) bond motifs is 9. The Labute approximate surface area is 354 Å². The second kappa shape index (κ2) is 13.2. The first kappa shape index (κ1) is 33.5. The van der Waals surface area contributed by atoms with Gasteiger partial charge in [0.1, 0.15) is 11.2 Å². The van der Waals surface area contributed by atoms with Crippen LogP contribution in [0.2, 0.25) is 0 Å². The summed E-state index contributed by atoms with van der Waals surface area (Å²) in [6, 6.07) is 81.9. The van der Waals surface area contributed by atoms with Crippen molar-refractivity contribution in [3.8, 4) is 22.3 Å². The Hall–Kier alpha value is -7.68. The zero-order valence-corrected chi connectivity index (χ0v) is 32.2. The maximum Gasteiger partial charge on any atom is 0.143 e. The van der Waals surface area contributed by atoms with Crippen molar-refractivity contribution in [3.63, 3.8) is 0 Å². The standard InChI is InChI=1S/C57H37NO.8H2/c1-3-18-41(19-4-1)57(42-20-5-2-6-21-42)49-27-11-9-24-48(49)55-50(57)28-15-30-52(55)58(51-29-13-17-40-33-32-38-16-7-8-22-44(38)54(40)51)43-36-34-39(35-37-43)45-25-14-26-47-46-23-10-12-31-53(46)59-56(45)47;;;;;;;;/h1-37H;8*1H. The van der Waals surface area contributed by atoms with Gasteiger partial charge in [-0.15, -0.1) is 0 Å². The molecule has 0 amide bonds. The van der Waals surface area contributed by atoms with E-state index in [2.05, 4.69) is 223 Å². The molecule has 0 spiro atoms. The average molecular weight is 768 g/mol. The maximum atomic E-state index is 6.51. The van der Waals surface area contributed by atoms with Gasteiger partial charge in [0.05, 0.1) is 16.8 Å². The molecule has 2 heteroatoms. The van der Waals surface area contributed by atoms with Gasteiger partial charge in [-0.3, -0.25) is 0 Å². The van der Waals surface area contributed by atoms with E-state index in [0.717, 1.165) is 50.1 Å². The Bertz CT molecular complexity index is 3380. The first-order chi connectivity index (χ1) is 29.3. The molecule has 0 radical (unpaired) electrons. The molecule has 0 saturated heterocycles. The summed E-state index contributed by atoms with van der Waals surface area (Å²) in [4.78, 5) is 2.50. The van der Waals surface area contributed by atoms with Crippen LogP contribution in [0.5, 0.6) is 0 Å². The van der Waals surface area contributed by atoms with Gasteiger partial charge in [0, 0.05) is 44.4 Å². The molecular weight excluding hydrogens is 715 g/mol. The maximum absolute atomic E-state index is 6.51. The molecule has 0 bridgehead atoms. The lowest BCUT2D eigenvalue weighted by atomic mass is 9.68. The molecule has 1 aliphatic carbocycles. The third-order valence-corrected chi connectivity index (χ3v) is 12.5. The second-order valence-electron chi connectivity index (χ2n) is 15.6. The summed E-state index contributed by atoms with van der Waals surface area (Å²) in [7, 11) is 0. The lowest BCUT2D eigenvalue weighted by molar-refractivity contribution is 0.670. The predicted octanol–water partition coefficient (Wildman–Crippen LogP) is 17.4. The van der Waals surface area contributed by atoms with Crippen LogP contribution in [-0.4, -0.2) is 0 Å². The number of furan rings is 1. The molecule has 0 aliphatic heterocycles. The fraction of sp³-hybridized carbons (Fsp3) is 0.0175. The molecule has 11 aromatic rings. The average Bonchev–Trinajstić information content (AvgIpc) is 3.85. The highest BCUT2D eigenvalue weighted by Crippen LogP contribution is 2.60. The van der Waals surface area contributed by atoms with Gasteiger partial charge >= 0.3 is 0 Å². The van der Waals surface area contributed by atoms with Crippen molar-refractivity contribution < 1.29 is 15.8 Å². The molecule has 1 aliphatic rings. The number of benzene rings is 10. The summed E-state index contributed by atoms with van der Waals surface area (Å²) in [5.41, 5.74) is 14.4. The van der Waals surface area contributed by atoms with Gasteiger partial charge in [-0.1, -0.05) is 194 Å². The van der Waals surface area contributed by atoms with Crippen LogP contribution in [-0.2, 0) is 5.41 Å². The van der Waals surface area contributed by atoms with Crippen molar-refractivity contribution in [1.82, 2.24) is 0 Å². The highest BCUT2D eigenvalue weighted by molar-refractivity contribution is 6.16. The largest absolute Gasteiger partial charge is 0.455 e. The third kappa shape index (κ3) is 4.93. The molecule has 12 rings (SSSR count). The molecule has 292 valence electrons. The molecule has 0 unspecified atom stereocenters. The number of rotatable bonds is 6. The lowest BCUT2D eigenvalue weighted by Gasteiger charge is -2.34. The van der Waals surface area contributed by atoms with E-state index >= 15 is 0 Å². The molecule has 1 aromatic heterocycles. The van der Waals surface area contributed by atoms with Gasteiger partial charge in [0.25, 0.3) is 0 Å². The van der Waals surface area contributed by atoms with Gasteiger partial charge in [-0.25, -0.2) is 0 Å². The van der Waals surface area contributed by atoms with E-state index in [1.165, 1.54) is 54.9 Å². The Morgan fingerprint density at radius 1 is 0.390 bits per heavy atom. The molecule has 0 atom stereocenters. The molecular formula is C57H53NO. The summed E-state index contributed by atoms with van der Waals surface area (Å²) < 4.78 is 6.51. The first-order valence-electron chi connectivity index (χ1n) is 20.3. The van der Waals surface area contributed by atoms with Crippen molar-refractivity contribution in [2.24, 2.45) is 0 Å². The van der Waals surface area contributed by atoms with Gasteiger partial charge in [0.2, 0.25) is 0 Å². The van der Waals surface area contributed by atoms with Crippen molar-refractivity contribution in [2.45, 2.75) is 5.41 Å². The number of anilines is 3. The molecule has 0 saturated carbocycles. The van der Waals surface area contributed by atoms with Crippen LogP contribution in [0.3, 0.4) is 0 Å². The molecule has 10 aromatic carbocycles. The van der Waals surface area contributed by atoms with Crippen LogP contribution in [0, 0.1) is 0 Å². The first-order valence-corrected chi connectivity index (χ1v) is 20.3. The normalized spacial score (nSPS) is 12.9. The summed E-state index contributed by atoms with van der Waals surface area (Å²) >= 11 is 0. The molecule has 2 nitrogen and oxygen atoms in total. The fourth-order valence-electron chi connectivity index (χ4n) is 10.1. The minimum Gasteiger partial charge on any atom is -0.455 e. The van der Waals surface area contributed by atoms with Gasteiger partial charge in [-0.05, 0) is 79.9 Å². The number of hydrogen-bond acceptors (Lipinski definition) is 2. The van der Waals surface area contributed by atoms with Crippen LogP contribution in [0.4, 0.5) is 17.1 Å². The van der Waals surface area contributed by atoms with Crippen molar-refractivity contribution in [3.05, 3.63) is 247 Å². The van der Waals surface area contributed by atoms with E-state index in [4.69, 9.17) is 4.42 Å². The molecule has 59 heavy (non-hydrogen) atoms. The van der Waals surface area contributed by atoms with Crippen LogP contribution in [0.25, 0.3) is 65.7 Å². The highest BCUT2D eigenvalue weighted by Gasteiger charge is 2.47. The predicted molar refractivity (Wildman–Crippen MR) is 263 cm³/mol. The van der Waals surface area contributed by atoms with E-state index in [1.807, 2.05) is 6.07 Å². The smallest absolute Gasteiger partial charge is 0.143 e. The molecule has 0 N–H and O–H groups in total.